The van der Waals surface area contributed by atoms with Crippen LogP contribution in [0.5, 0.6) is 0 Å². The third kappa shape index (κ3) is 5.28. The summed E-state index contributed by atoms with van der Waals surface area (Å²) in [6.07, 6.45) is 1.75. The quantitative estimate of drug-likeness (QED) is 0.436. The van der Waals surface area contributed by atoms with Crippen molar-refractivity contribution in [2.45, 2.75) is 12.7 Å². The molecule has 7 heteroatoms. The first kappa shape index (κ1) is 20.7. The number of thioether (sulfide) groups is 1. The molecule has 1 aliphatic carbocycles. The summed E-state index contributed by atoms with van der Waals surface area (Å²) in [6, 6.07) is 15.0. The smallest absolute Gasteiger partial charge is 0.316 e. The fourth-order valence-corrected chi connectivity index (χ4v) is 4.20. The third-order valence-corrected chi connectivity index (χ3v) is 5.93. The van der Waals surface area contributed by atoms with Gasteiger partial charge in [0.05, 0.1) is 23.0 Å². The molecule has 4 nitrogen and oxygen atoms in total. The minimum absolute atomic E-state index is 0.0912. The topological polar surface area (TPSA) is 55.7 Å². The zero-order chi connectivity index (χ0) is 19.9. The molecule has 0 bridgehead atoms. The van der Waals surface area contributed by atoms with Gasteiger partial charge in [0.2, 0.25) is 0 Å². The fraction of sp³-hybridized carbons (Fsp3) is 0.190. The Morgan fingerprint density at radius 2 is 1.82 bits per heavy atom. The Balaban J connectivity index is 1.78. The lowest BCUT2D eigenvalue weighted by atomic mass is 9.94. The number of rotatable bonds is 7. The molecular weight excluding hydrogens is 414 g/mol. The maximum atomic E-state index is 12.7. The van der Waals surface area contributed by atoms with Crippen LogP contribution >= 0.6 is 35.3 Å². The molecule has 0 saturated carbocycles. The van der Waals surface area contributed by atoms with E-state index in [4.69, 9.17) is 16.3 Å². The number of nitrogens with zero attached hydrogens (tertiary/aromatic N) is 1. The summed E-state index contributed by atoms with van der Waals surface area (Å²) in [5.74, 6) is 0.358. The Kier molecular flexibility index (Phi) is 7.36. The Hall–Kier alpha value is -2.02. The van der Waals surface area contributed by atoms with Gasteiger partial charge in [0.1, 0.15) is 0 Å². The van der Waals surface area contributed by atoms with Crippen molar-refractivity contribution in [1.82, 2.24) is 0 Å². The molecule has 144 valence electrons. The molecular formula is C21H18ClNO3S2. The van der Waals surface area contributed by atoms with Crippen molar-refractivity contribution in [3.05, 3.63) is 81.2 Å². The van der Waals surface area contributed by atoms with Crippen LogP contribution < -0.4 is 0 Å². The van der Waals surface area contributed by atoms with Crippen molar-refractivity contribution in [3.63, 3.8) is 0 Å². The van der Waals surface area contributed by atoms with Crippen molar-refractivity contribution >= 4 is 52.8 Å². The number of ketones is 1. The maximum absolute atomic E-state index is 12.7. The molecule has 0 radical (unpaired) electrons. The molecule has 0 aliphatic heterocycles. The lowest BCUT2D eigenvalue weighted by molar-refractivity contribution is -0.139. The first-order chi connectivity index (χ1) is 13.6. The largest absolute Gasteiger partial charge is 0.465 e. The highest BCUT2D eigenvalue weighted by molar-refractivity contribution is 8.04. The van der Waals surface area contributed by atoms with Gasteiger partial charge < -0.3 is 4.74 Å². The van der Waals surface area contributed by atoms with E-state index in [1.54, 1.807) is 19.1 Å². The zero-order valence-corrected chi connectivity index (χ0v) is 17.6. The Labute approximate surface area is 177 Å². The van der Waals surface area contributed by atoms with Crippen molar-refractivity contribution in [1.29, 1.82) is 0 Å². The van der Waals surface area contributed by atoms with Crippen LogP contribution in [-0.4, -0.2) is 29.8 Å². The average Bonchev–Trinajstić information content (AvgIpc) is 2.70. The number of Topliss-reactive ketones (excluding diaryl/α,β-unsaturated/α-hetero) is 1. The lowest BCUT2D eigenvalue weighted by Crippen LogP contribution is -2.17. The number of benzene rings is 2. The summed E-state index contributed by atoms with van der Waals surface area (Å²) in [6.45, 7) is 2.08. The number of fused-ring (bicyclic) bond motifs is 1. The molecule has 0 fully saturated rings. The Bertz CT molecular complexity index is 939. The molecule has 0 aromatic heterocycles. The first-order valence-electron chi connectivity index (χ1n) is 8.67. The van der Waals surface area contributed by atoms with Gasteiger partial charge in [0.25, 0.3) is 0 Å². The molecule has 0 heterocycles. The Morgan fingerprint density at radius 1 is 1.11 bits per heavy atom. The standard InChI is InChI=1S/C21H18ClNO3S2/c1-2-26-20(24)13-27-19-11-18(16-5-3-4-6-17(16)21(19)25)23-28-12-14-7-9-15(22)10-8-14/h3-11H,2,12-13H2,1H3/b23-18+. The van der Waals surface area contributed by atoms with Crippen molar-refractivity contribution in [3.8, 4) is 0 Å². The van der Waals surface area contributed by atoms with Crippen molar-refractivity contribution in [2.75, 3.05) is 12.4 Å². The second kappa shape index (κ2) is 9.96. The van der Waals surface area contributed by atoms with Crippen LogP contribution in [0.3, 0.4) is 0 Å². The Morgan fingerprint density at radius 3 is 2.54 bits per heavy atom. The second-order valence-corrected chi connectivity index (χ2v) is 8.04. The molecule has 0 N–H and O–H groups in total. The fourth-order valence-electron chi connectivity index (χ4n) is 2.58. The number of esters is 1. The van der Waals surface area contributed by atoms with E-state index in [0.717, 1.165) is 16.8 Å². The van der Waals surface area contributed by atoms with E-state index in [2.05, 4.69) is 4.40 Å². The maximum Gasteiger partial charge on any atom is 0.316 e. The molecule has 0 atom stereocenters. The number of hydrogen-bond acceptors (Lipinski definition) is 6. The predicted molar refractivity (Wildman–Crippen MR) is 117 cm³/mol. The highest BCUT2D eigenvalue weighted by atomic mass is 35.5. The summed E-state index contributed by atoms with van der Waals surface area (Å²) in [7, 11) is 0. The van der Waals surface area contributed by atoms with Gasteiger partial charge in [0, 0.05) is 21.9 Å². The predicted octanol–water partition coefficient (Wildman–Crippen LogP) is 5.35. The molecule has 2 aromatic rings. The zero-order valence-electron chi connectivity index (χ0n) is 15.2. The summed E-state index contributed by atoms with van der Waals surface area (Å²) < 4.78 is 9.58. The number of carbonyl (C=O) groups is 2. The number of ether oxygens (including phenoxy) is 1. The van der Waals surface area contributed by atoms with Gasteiger partial charge in [-0.1, -0.05) is 48.0 Å². The molecule has 0 spiro atoms. The summed E-state index contributed by atoms with van der Waals surface area (Å²) in [4.78, 5) is 24.9. The summed E-state index contributed by atoms with van der Waals surface area (Å²) in [5.41, 5.74) is 3.24. The van der Waals surface area contributed by atoms with Gasteiger partial charge >= 0.3 is 5.97 Å². The number of carbonyl (C=O) groups excluding carboxylic acids is 2. The van der Waals surface area contributed by atoms with E-state index in [-0.39, 0.29) is 17.5 Å². The van der Waals surface area contributed by atoms with Crippen LogP contribution in [0.2, 0.25) is 5.02 Å². The van der Waals surface area contributed by atoms with Crippen LogP contribution in [0, 0.1) is 0 Å². The van der Waals surface area contributed by atoms with Gasteiger partial charge in [-0.3, -0.25) is 9.59 Å². The van der Waals surface area contributed by atoms with Crippen LogP contribution in [0.15, 0.2) is 63.9 Å². The highest BCUT2D eigenvalue weighted by Crippen LogP contribution is 2.30. The van der Waals surface area contributed by atoms with Gasteiger partial charge in [-0.2, -0.15) is 0 Å². The van der Waals surface area contributed by atoms with E-state index < -0.39 is 0 Å². The highest BCUT2D eigenvalue weighted by Gasteiger charge is 2.25. The van der Waals surface area contributed by atoms with Crippen molar-refractivity contribution in [2.24, 2.45) is 4.40 Å². The van der Waals surface area contributed by atoms with Crippen LogP contribution in [0.1, 0.15) is 28.4 Å². The van der Waals surface area contributed by atoms with Crippen molar-refractivity contribution < 1.29 is 14.3 Å². The molecule has 28 heavy (non-hydrogen) atoms. The molecule has 0 unspecified atom stereocenters. The summed E-state index contributed by atoms with van der Waals surface area (Å²) in [5, 5.41) is 0.700. The molecule has 2 aromatic carbocycles. The average molecular weight is 432 g/mol. The monoisotopic (exact) mass is 431 g/mol. The molecule has 0 saturated heterocycles. The lowest BCUT2D eigenvalue weighted by Gasteiger charge is -2.16. The minimum Gasteiger partial charge on any atom is -0.465 e. The van der Waals surface area contributed by atoms with E-state index in [9.17, 15) is 9.59 Å². The summed E-state index contributed by atoms with van der Waals surface area (Å²) >= 11 is 8.51. The first-order valence-corrected chi connectivity index (χ1v) is 11.0. The normalized spacial score (nSPS) is 14.6. The van der Waals surface area contributed by atoms with Gasteiger partial charge in [-0.15, -0.1) is 11.8 Å². The molecule has 1 aliphatic rings. The van der Waals surface area contributed by atoms with E-state index in [1.807, 2.05) is 42.5 Å². The number of hydrogen-bond donors (Lipinski definition) is 0. The third-order valence-electron chi connectivity index (χ3n) is 3.90. The van der Waals surface area contributed by atoms with E-state index in [0.29, 0.717) is 27.9 Å². The van der Waals surface area contributed by atoms with Crippen LogP contribution in [0.25, 0.3) is 0 Å². The number of halogens is 1. The minimum atomic E-state index is -0.337. The van der Waals surface area contributed by atoms with Gasteiger partial charge in [-0.25, -0.2) is 4.40 Å². The molecule has 3 rings (SSSR count). The SMILES string of the molecule is CCOC(=O)CSC1=C/C(=N\SCc2ccc(Cl)cc2)c2ccccc2C1=O. The van der Waals surface area contributed by atoms with Gasteiger partial charge in [0.15, 0.2) is 5.78 Å². The van der Waals surface area contributed by atoms with E-state index in [1.165, 1.54) is 23.7 Å². The van der Waals surface area contributed by atoms with Gasteiger partial charge in [-0.05, 0) is 42.6 Å². The second-order valence-electron chi connectivity index (χ2n) is 5.85. The van der Waals surface area contributed by atoms with Crippen LogP contribution in [-0.2, 0) is 15.3 Å². The molecule has 0 amide bonds. The van der Waals surface area contributed by atoms with E-state index >= 15 is 0 Å². The number of allylic oxidation sites excluding steroid dienone is 2. The van der Waals surface area contributed by atoms with Crippen LogP contribution in [0.4, 0.5) is 0 Å².